The number of H-pyrrole nitrogens is 1. The minimum Gasteiger partial charge on any atom is -0.493 e. The number of nitrogens with two attached hydrogens (primary N) is 1. The predicted molar refractivity (Wildman–Crippen MR) is 71.0 cm³/mol. The average molecular weight is 247 g/mol. The van der Waals surface area contributed by atoms with Crippen LogP contribution in [0.3, 0.4) is 0 Å². The van der Waals surface area contributed by atoms with E-state index in [0.29, 0.717) is 17.3 Å². The molecular weight excluding hydrogens is 230 g/mol. The molecule has 5 nitrogen and oxygen atoms in total. The van der Waals surface area contributed by atoms with Gasteiger partial charge in [0.1, 0.15) is 0 Å². The first-order chi connectivity index (χ1) is 8.58. The number of nitrogens with one attached hydrogen (secondary N) is 1. The van der Waals surface area contributed by atoms with Crippen molar-refractivity contribution in [2.24, 2.45) is 0 Å². The number of benzene rings is 1. The topological polar surface area (TPSA) is 73.2 Å². The molecule has 0 amide bonds. The number of hydrogen-bond acceptors (Lipinski definition) is 4. The van der Waals surface area contributed by atoms with Crippen molar-refractivity contribution in [3.05, 3.63) is 23.4 Å². The zero-order valence-electron chi connectivity index (χ0n) is 11.0. The van der Waals surface area contributed by atoms with Crippen molar-refractivity contribution in [1.82, 2.24) is 10.2 Å². The zero-order chi connectivity index (χ0) is 13.3. The van der Waals surface area contributed by atoms with Gasteiger partial charge in [-0.3, -0.25) is 5.10 Å². The number of anilines is 1. The van der Waals surface area contributed by atoms with Crippen molar-refractivity contribution in [2.45, 2.75) is 13.8 Å². The van der Waals surface area contributed by atoms with E-state index in [-0.39, 0.29) is 0 Å². The van der Waals surface area contributed by atoms with E-state index in [2.05, 4.69) is 10.2 Å². The first kappa shape index (κ1) is 12.3. The molecule has 0 spiro atoms. The van der Waals surface area contributed by atoms with Crippen LogP contribution in [0.1, 0.15) is 11.3 Å². The fourth-order valence-electron chi connectivity index (χ4n) is 2.04. The average Bonchev–Trinajstić information content (AvgIpc) is 2.69. The number of nitrogen functional groups attached to an aromatic ring is 1. The zero-order valence-corrected chi connectivity index (χ0v) is 11.0. The van der Waals surface area contributed by atoms with Gasteiger partial charge in [-0.1, -0.05) is 0 Å². The predicted octanol–water partition coefficient (Wildman–Crippen LogP) is 2.29. The molecular formula is C13H17N3O2. The van der Waals surface area contributed by atoms with Crippen molar-refractivity contribution >= 4 is 5.82 Å². The molecule has 0 saturated heterocycles. The van der Waals surface area contributed by atoms with Gasteiger partial charge >= 0.3 is 0 Å². The van der Waals surface area contributed by atoms with Gasteiger partial charge in [-0.05, 0) is 37.1 Å². The van der Waals surface area contributed by atoms with Gasteiger partial charge in [0, 0.05) is 11.3 Å². The normalized spacial score (nSPS) is 10.4. The van der Waals surface area contributed by atoms with Crippen molar-refractivity contribution < 1.29 is 9.47 Å². The molecule has 0 radical (unpaired) electrons. The van der Waals surface area contributed by atoms with E-state index in [0.717, 1.165) is 22.4 Å². The third-order valence-corrected chi connectivity index (χ3v) is 2.98. The molecule has 2 aromatic rings. The number of rotatable bonds is 3. The van der Waals surface area contributed by atoms with Gasteiger partial charge in [-0.15, -0.1) is 0 Å². The van der Waals surface area contributed by atoms with E-state index in [1.165, 1.54) is 0 Å². The molecule has 0 atom stereocenters. The number of hydrogen-bond donors (Lipinski definition) is 2. The van der Waals surface area contributed by atoms with Crippen LogP contribution in [-0.4, -0.2) is 24.4 Å². The van der Waals surface area contributed by atoms with Crippen LogP contribution in [0.4, 0.5) is 5.82 Å². The molecule has 1 heterocycles. The molecule has 0 saturated carbocycles. The van der Waals surface area contributed by atoms with Gasteiger partial charge in [-0.25, -0.2) is 0 Å². The van der Waals surface area contributed by atoms with Crippen LogP contribution in [0.2, 0.25) is 0 Å². The van der Waals surface area contributed by atoms with Crippen LogP contribution in [0.5, 0.6) is 11.5 Å². The SMILES string of the molecule is COc1cc(C)c(-c2c(N)n[nH]c2C)cc1OC. The monoisotopic (exact) mass is 247 g/mol. The van der Waals surface area contributed by atoms with Crippen LogP contribution < -0.4 is 15.2 Å². The Morgan fingerprint density at radius 1 is 1.11 bits per heavy atom. The Labute approximate surface area is 106 Å². The number of aromatic nitrogens is 2. The number of nitrogens with zero attached hydrogens (tertiary/aromatic N) is 1. The molecule has 0 aliphatic heterocycles. The van der Waals surface area contributed by atoms with Crippen LogP contribution in [0, 0.1) is 13.8 Å². The number of ether oxygens (including phenoxy) is 2. The maximum Gasteiger partial charge on any atom is 0.161 e. The lowest BCUT2D eigenvalue weighted by Gasteiger charge is -2.12. The van der Waals surface area contributed by atoms with Crippen molar-refractivity contribution in [3.63, 3.8) is 0 Å². The summed E-state index contributed by atoms with van der Waals surface area (Å²) in [4.78, 5) is 0. The molecule has 1 aromatic heterocycles. The van der Waals surface area contributed by atoms with Crippen molar-refractivity contribution in [2.75, 3.05) is 20.0 Å². The number of methoxy groups -OCH3 is 2. The van der Waals surface area contributed by atoms with Crippen LogP contribution in [-0.2, 0) is 0 Å². The Morgan fingerprint density at radius 2 is 1.72 bits per heavy atom. The maximum atomic E-state index is 5.89. The molecule has 0 aliphatic carbocycles. The summed E-state index contributed by atoms with van der Waals surface area (Å²) in [6, 6.07) is 3.85. The Bertz CT molecular complexity index is 556. The summed E-state index contributed by atoms with van der Waals surface area (Å²) in [5, 5.41) is 6.89. The van der Waals surface area contributed by atoms with Crippen LogP contribution in [0.25, 0.3) is 11.1 Å². The minimum absolute atomic E-state index is 0.489. The van der Waals surface area contributed by atoms with Gasteiger partial charge in [0.15, 0.2) is 17.3 Å². The highest BCUT2D eigenvalue weighted by Gasteiger charge is 2.15. The quantitative estimate of drug-likeness (QED) is 0.872. The number of aryl methyl sites for hydroxylation is 2. The standard InChI is InChI=1S/C13H17N3O2/c1-7-5-10(17-3)11(18-4)6-9(7)12-8(2)15-16-13(12)14/h5-6H,1-4H3,(H3,14,15,16). The Morgan fingerprint density at radius 3 is 2.22 bits per heavy atom. The van der Waals surface area contributed by atoms with Crippen LogP contribution >= 0.6 is 0 Å². The van der Waals surface area contributed by atoms with E-state index in [9.17, 15) is 0 Å². The lowest BCUT2D eigenvalue weighted by atomic mass is 9.99. The van der Waals surface area contributed by atoms with E-state index in [1.54, 1.807) is 14.2 Å². The molecule has 0 unspecified atom stereocenters. The highest BCUT2D eigenvalue weighted by molar-refractivity contribution is 5.80. The Kier molecular flexibility index (Phi) is 3.14. The van der Waals surface area contributed by atoms with E-state index < -0.39 is 0 Å². The molecule has 5 heteroatoms. The summed E-state index contributed by atoms with van der Waals surface area (Å²) in [5.74, 6) is 1.87. The Hall–Kier alpha value is -2.17. The molecule has 3 N–H and O–H groups in total. The van der Waals surface area contributed by atoms with E-state index >= 15 is 0 Å². The lowest BCUT2D eigenvalue weighted by Crippen LogP contribution is -1.95. The lowest BCUT2D eigenvalue weighted by molar-refractivity contribution is 0.355. The molecule has 18 heavy (non-hydrogen) atoms. The Balaban J connectivity index is 2.65. The molecule has 1 aromatic carbocycles. The van der Waals surface area contributed by atoms with Gasteiger partial charge in [0.25, 0.3) is 0 Å². The second kappa shape index (κ2) is 4.60. The molecule has 2 rings (SSSR count). The summed E-state index contributed by atoms with van der Waals surface area (Å²) in [6.07, 6.45) is 0. The minimum atomic E-state index is 0.489. The second-order valence-corrected chi connectivity index (χ2v) is 4.13. The first-order valence-corrected chi connectivity index (χ1v) is 5.62. The van der Waals surface area contributed by atoms with Gasteiger partial charge in [0.05, 0.1) is 14.2 Å². The van der Waals surface area contributed by atoms with Gasteiger partial charge in [0.2, 0.25) is 0 Å². The van der Waals surface area contributed by atoms with Crippen LogP contribution in [0.15, 0.2) is 12.1 Å². The van der Waals surface area contributed by atoms with Gasteiger partial charge < -0.3 is 15.2 Å². The molecule has 0 bridgehead atoms. The van der Waals surface area contributed by atoms with E-state index in [4.69, 9.17) is 15.2 Å². The summed E-state index contributed by atoms with van der Waals surface area (Å²) in [7, 11) is 3.23. The molecule has 0 fully saturated rings. The smallest absolute Gasteiger partial charge is 0.161 e. The molecule has 0 aliphatic rings. The van der Waals surface area contributed by atoms with Crippen molar-refractivity contribution in [3.8, 4) is 22.6 Å². The summed E-state index contributed by atoms with van der Waals surface area (Å²) in [5.41, 5.74) is 9.79. The van der Waals surface area contributed by atoms with E-state index in [1.807, 2.05) is 26.0 Å². The number of aromatic amines is 1. The molecule has 96 valence electrons. The first-order valence-electron chi connectivity index (χ1n) is 5.62. The summed E-state index contributed by atoms with van der Waals surface area (Å²) >= 11 is 0. The fraction of sp³-hybridized carbons (Fsp3) is 0.308. The maximum absolute atomic E-state index is 5.89. The third kappa shape index (κ3) is 1.88. The largest absolute Gasteiger partial charge is 0.493 e. The summed E-state index contributed by atoms with van der Waals surface area (Å²) in [6.45, 7) is 3.94. The fourth-order valence-corrected chi connectivity index (χ4v) is 2.04. The highest BCUT2D eigenvalue weighted by Crippen LogP contribution is 2.38. The second-order valence-electron chi connectivity index (χ2n) is 4.13. The summed E-state index contributed by atoms with van der Waals surface area (Å²) < 4.78 is 10.6. The van der Waals surface area contributed by atoms with Crippen molar-refractivity contribution in [1.29, 1.82) is 0 Å². The highest BCUT2D eigenvalue weighted by atomic mass is 16.5. The third-order valence-electron chi connectivity index (χ3n) is 2.98. The van der Waals surface area contributed by atoms with Gasteiger partial charge in [-0.2, -0.15) is 5.10 Å².